The van der Waals surface area contributed by atoms with E-state index in [4.69, 9.17) is 15.2 Å². The molecule has 0 atom stereocenters. The molecule has 1 aliphatic carbocycles. The Balaban J connectivity index is 1.45. The van der Waals surface area contributed by atoms with E-state index < -0.39 is 6.09 Å². The Morgan fingerprint density at radius 2 is 1.86 bits per heavy atom. The molecule has 22 heavy (non-hydrogen) atoms. The third-order valence-corrected chi connectivity index (χ3v) is 3.66. The van der Waals surface area contributed by atoms with Gasteiger partial charge in [-0.15, -0.1) is 0 Å². The molecule has 0 unspecified atom stereocenters. The largest absolute Gasteiger partial charge is 0.410 e. The molecule has 1 aliphatic rings. The maximum Gasteiger partial charge on any atom is 0.410 e. The van der Waals surface area contributed by atoms with E-state index in [9.17, 15) is 4.79 Å². The van der Waals surface area contributed by atoms with Crippen molar-refractivity contribution in [2.24, 2.45) is 5.73 Å². The predicted molar refractivity (Wildman–Crippen MR) is 79.2 cm³/mol. The van der Waals surface area contributed by atoms with E-state index >= 15 is 0 Å². The molecular weight excluding hydrogens is 282 g/mol. The van der Waals surface area contributed by atoms with Crippen LogP contribution < -0.4 is 10.5 Å². The summed E-state index contributed by atoms with van der Waals surface area (Å²) < 4.78 is 10.5. The molecule has 2 N–H and O–H groups in total. The van der Waals surface area contributed by atoms with Crippen molar-refractivity contribution in [3.8, 4) is 5.75 Å². The molecule has 6 nitrogen and oxygen atoms in total. The second-order valence-electron chi connectivity index (χ2n) is 5.29. The third-order valence-electron chi connectivity index (χ3n) is 3.66. The summed E-state index contributed by atoms with van der Waals surface area (Å²) in [6.45, 7) is 0.629. The first-order chi connectivity index (χ1) is 10.7. The van der Waals surface area contributed by atoms with Crippen molar-refractivity contribution in [1.82, 2.24) is 9.97 Å². The molecule has 1 aromatic heterocycles. The highest BCUT2D eigenvalue weighted by Crippen LogP contribution is 2.37. The zero-order chi connectivity index (χ0) is 15.4. The SMILES string of the molecule is NC(=O)Oc1cnc(C2CC(OCc3ccccc3)C2)nc1. The lowest BCUT2D eigenvalue weighted by Crippen LogP contribution is -2.30. The first kappa shape index (κ1) is 14.5. The molecule has 1 heterocycles. The van der Waals surface area contributed by atoms with Gasteiger partial charge in [-0.2, -0.15) is 0 Å². The van der Waals surface area contributed by atoms with Crippen LogP contribution in [0.25, 0.3) is 0 Å². The van der Waals surface area contributed by atoms with Gasteiger partial charge in [-0.05, 0) is 18.4 Å². The summed E-state index contributed by atoms with van der Waals surface area (Å²) in [6, 6.07) is 10.1. The zero-order valence-electron chi connectivity index (χ0n) is 12.0. The number of amides is 1. The predicted octanol–water partition coefficient (Wildman–Crippen LogP) is 2.40. The first-order valence-electron chi connectivity index (χ1n) is 7.15. The molecule has 0 saturated heterocycles. The van der Waals surface area contributed by atoms with Crippen LogP contribution >= 0.6 is 0 Å². The highest BCUT2D eigenvalue weighted by Gasteiger charge is 2.33. The number of primary amides is 1. The number of benzene rings is 1. The van der Waals surface area contributed by atoms with Crippen molar-refractivity contribution >= 4 is 6.09 Å². The van der Waals surface area contributed by atoms with Gasteiger partial charge >= 0.3 is 6.09 Å². The zero-order valence-corrected chi connectivity index (χ0v) is 12.0. The highest BCUT2D eigenvalue weighted by atomic mass is 16.5. The van der Waals surface area contributed by atoms with Gasteiger partial charge < -0.3 is 15.2 Å². The van der Waals surface area contributed by atoms with Crippen molar-refractivity contribution in [1.29, 1.82) is 0 Å². The van der Waals surface area contributed by atoms with E-state index in [0.29, 0.717) is 12.5 Å². The molecule has 0 radical (unpaired) electrons. The van der Waals surface area contributed by atoms with Crippen LogP contribution in [-0.4, -0.2) is 22.2 Å². The topological polar surface area (TPSA) is 87.3 Å². The Morgan fingerprint density at radius 3 is 2.50 bits per heavy atom. The molecule has 6 heteroatoms. The summed E-state index contributed by atoms with van der Waals surface area (Å²) >= 11 is 0. The Hall–Kier alpha value is -2.47. The Morgan fingerprint density at radius 1 is 1.18 bits per heavy atom. The van der Waals surface area contributed by atoms with E-state index in [1.54, 1.807) is 0 Å². The van der Waals surface area contributed by atoms with Crippen LogP contribution in [0.15, 0.2) is 42.7 Å². The number of hydrogen-bond donors (Lipinski definition) is 1. The number of nitrogens with two attached hydrogens (primary N) is 1. The fraction of sp³-hybridized carbons (Fsp3) is 0.312. The van der Waals surface area contributed by atoms with Gasteiger partial charge in [-0.3, -0.25) is 0 Å². The molecule has 114 valence electrons. The molecule has 1 fully saturated rings. The van der Waals surface area contributed by atoms with Gasteiger partial charge in [0.1, 0.15) is 5.82 Å². The average molecular weight is 299 g/mol. The number of carbonyl (C=O) groups excluding carboxylic acids is 1. The second-order valence-corrected chi connectivity index (χ2v) is 5.29. The Labute approximate surface area is 128 Å². The molecule has 1 aromatic carbocycles. The lowest BCUT2D eigenvalue weighted by atomic mass is 9.81. The van der Waals surface area contributed by atoms with Crippen LogP contribution in [0.4, 0.5) is 4.79 Å². The lowest BCUT2D eigenvalue weighted by molar-refractivity contribution is -0.0223. The van der Waals surface area contributed by atoms with Crippen LogP contribution in [-0.2, 0) is 11.3 Å². The van der Waals surface area contributed by atoms with Crippen LogP contribution in [0.2, 0.25) is 0 Å². The number of nitrogens with zero attached hydrogens (tertiary/aromatic N) is 2. The van der Waals surface area contributed by atoms with Crippen LogP contribution in [0.5, 0.6) is 5.75 Å². The third kappa shape index (κ3) is 3.59. The molecule has 3 rings (SSSR count). The number of hydrogen-bond acceptors (Lipinski definition) is 5. The molecule has 2 aromatic rings. The first-order valence-corrected chi connectivity index (χ1v) is 7.15. The standard InChI is InChI=1S/C16H17N3O3/c17-16(20)22-14-8-18-15(19-9-14)12-6-13(7-12)21-10-11-4-2-1-3-5-11/h1-5,8-9,12-13H,6-7,10H2,(H2,17,20). The van der Waals surface area contributed by atoms with Gasteiger partial charge in [-0.1, -0.05) is 30.3 Å². The smallest absolute Gasteiger partial charge is 0.407 e. The molecule has 0 aliphatic heterocycles. The van der Waals surface area contributed by atoms with Crippen LogP contribution in [0.1, 0.15) is 30.1 Å². The Bertz CT molecular complexity index is 625. The fourth-order valence-corrected chi connectivity index (χ4v) is 2.41. The van der Waals surface area contributed by atoms with E-state index in [0.717, 1.165) is 18.7 Å². The summed E-state index contributed by atoms with van der Waals surface area (Å²) in [6.07, 6.45) is 4.12. The number of carbonyl (C=O) groups is 1. The molecular formula is C16H17N3O3. The fourth-order valence-electron chi connectivity index (χ4n) is 2.41. The van der Waals surface area contributed by atoms with Crippen molar-refractivity contribution in [2.45, 2.75) is 31.5 Å². The quantitative estimate of drug-likeness (QED) is 0.916. The number of ether oxygens (including phenoxy) is 2. The summed E-state index contributed by atoms with van der Waals surface area (Å²) in [5.41, 5.74) is 6.10. The second kappa shape index (κ2) is 6.53. The van der Waals surface area contributed by atoms with Crippen molar-refractivity contribution in [2.75, 3.05) is 0 Å². The summed E-state index contributed by atoms with van der Waals surface area (Å²) in [5.74, 6) is 1.30. The highest BCUT2D eigenvalue weighted by molar-refractivity contribution is 5.67. The minimum Gasteiger partial charge on any atom is -0.407 e. The maximum atomic E-state index is 10.6. The minimum absolute atomic E-state index is 0.246. The van der Waals surface area contributed by atoms with Crippen LogP contribution in [0, 0.1) is 0 Å². The Kier molecular flexibility index (Phi) is 4.29. The van der Waals surface area contributed by atoms with Crippen molar-refractivity contribution < 1.29 is 14.3 Å². The van der Waals surface area contributed by atoms with Gasteiger partial charge in [0.15, 0.2) is 5.75 Å². The van der Waals surface area contributed by atoms with E-state index in [-0.39, 0.29) is 11.9 Å². The van der Waals surface area contributed by atoms with E-state index in [1.165, 1.54) is 18.0 Å². The average Bonchev–Trinajstić information content (AvgIpc) is 2.48. The maximum absolute atomic E-state index is 10.6. The number of aromatic nitrogens is 2. The summed E-state index contributed by atoms with van der Waals surface area (Å²) in [4.78, 5) is 19.0. The molecule has 0 bridgehead atoms. The monoisotopic (exact) mass is 299 g/mol. The van der Waals surface area contributed by atoms with Gasteiger partial charge in [-0.25, -0.2) is 14.8 Å². The van der Waals surface area contributed by atoms with E-state index in [2.05, 4.69) is 22.1 Å². The normalized spacial score (nSPS) is 20.2. The van der Waals surface area contributed by atoms with Gasteiger partial charge in [0.25, 0.3) is 0 Å². The van der Waals surface area contributed by atoms with Gasteiger partial charge in [0.2, 0.25) is 0 Å². The summed E-state index contributed by atoms with van der Waals surface area (Å²) in [7, 11) is 0. The van der Waals surface area contributed by atoms with E-state index in [1.807, 2.05) is 18.2 Å². The van der Waals surface area contributed by atoms with Crippen molar-refractivity contribution in [3.63, 3.8) is 0 Å². The van der Waals surface area contributed by atoms with Crippen LogP contribution in [0.3, 0.4) is 0 Å². The number of rotatable bonds is 5. The summed E-state index contributed by atoms with van der Waals surface area (Å²) in [5, 5.41) is 0. The molecule has 1 amide bonds. The molecule has 0 spiro atoms. The lowest BCUT2D eigenvalue weighted by Gasteiger charge is -2.34. The van der Waals surface area contributed by atoms with Gasteiger partial charge in [0.05, 0.1) is 25.1 Å². The van der Waals surface area contributed by atoms with Gasteiger partial charge in [0, 0.05) is 5.92 Å². The minimum atomic E-state index is -0.866. The van der Waals surface area contributed by atoms with Crippen molar-refractivity contribution in [3.05, 3.63) is 54.1 Å². The molecule has 1 saturated carbocycles.